The molecule has 1 N–H and O–H groups in total. The molecular formula is C14H17ClO2. The molecule has 1 aliphatic rings. The van der Waals surface area contributed by atoms with E-state index in [-0.39, 0.29) is 0 Å². The minimum Gasteiger partial charge on any atom is -0.496 e. The van der Waals surface area contributed by atoms with Gasteiger partial charge in [-0.3, -0.25) is 0 Å². The van der Waals surface area contributed by atoms with Gasteiger partial charge >= 0.3 is 0 Å². The number of aliphatic hydroxyl groups is 1. The van der Waals surface area contributed by atoms with E-state index in [4.69, 9.17) is 16.3 Å². The van der Waals surface area contributed by atoms with Crippen molar-refractivity contribution in [1.29, 1.82) is 0 Å². The van der Waals surface area contributed by atoms with Crippen LogP contribution < -0.4 is 4.74 Å². The standard InChI is InChI=1S/C14H17ClO2/c1-17-12-9-5-8-11(15)13(12)14(16)10-6-3-2-4-7-10/h5-6,8-9,14,16H,2-4,7H2,1H3. The van der Waals surface area contributed by atoms with Gasteiger partial charge in [-0.15, -0.1) is 0 Å². The van der Waals surface area contributed by atoms with Gasteiger partial charge in [0.05, 0.1) is 12.1 Å². The van der Waals surface area contributed by atoms with Crippen molar-refractivity contribution in [3.63, 3.8) is 0 Å². The van der Waals surface area contributed by atoms with Gasteiger partial charge in [-0.25, -0.2) is 0 Å². The highest BCUT2D eigenvalue weighted by Crippen LogP contribution is 2.38. The summed E-state index contributed by atoms with van der Waals surface area (Å²) in [6, 6.07) is 5.44. The third kappa shape index (κ3) is 2.64. The summed E-state index contributed by atoms with van der Waals surface area (Å²) < 4.78 is 5.27. The number of halogens is 1. The number of hydrogen-bond donors (Lipinski definition) is 1. The largest absolute Gasteiger partial charge is 0.496 e. The molecule has 0 radical (unpaired) electrons. The van der Waals surface area contributed by atoms with Gasteiger partial charge in [-0.1, -0.05) is 23.7 Å². The molecule has 0 heterocycles. The first kappa shape index (κ1) is 12.5. The van der Waals surface area contributed by atoms with Crippen LogP contribution in [0.4, 0.5) is 0 Å². The second kappa shape index (κ2) is 5.56. The highest BCUT2D eigenvalue weighted by atomic mass is 35.5. The molecule has 92 valence electrons. The molecule has 1 atom stereocenters. The third-order valence-corrected chi connectivity index (χ3v) is 3.51. The van der Waals surface area contributed by atoms with Crippen LogP contribution in [-0.2, 0) is 0 Å². The van der Waals surface area contributed by atoms with Gasteiger partial charge in [-0.2, -0.15) is 0 Å². The summed E-state index contributed by atoms with van der Waals surface area (Å²) in [5.74, 6) is 0.650. The van der Waals surface area contributed by atoms with Gasteiger partial charge in [0, 0.05) is 5.56 Å². The van der Waals surface area contributed by atoms with Crippen LogP contribution in [0.15, 0.2) is 29.8 Å². The van der Waals surface area contributed by atoms with Gasteiger partial charge in [0.2, 0.25) is 0 Å². The molecule has 17 heavy (non-hydrogen) atoms. The molecule has 2 rings (SSSR count). The predicted molar refractivity (Wildman–Crippen MR) is 69.5 cm³/mol. The van der Waals surface area contributed by atoms with Crippen LogP contribution in [0.2, 0.25) is 5.02 Å². The van der Waals surface area contributed by atoms with Gasteiger partial charge in [0.1, 0.15) is 11.9 Å². The Bertz CT molecular complexity index is 426. The fraction of sp³-hybridized carbons (Fsp3) is 0.429. The number of ether oxygens (including phenoxy) is 1. The SMILES string of the molecule is COc1cccc(Cl)c1C(O)C1=CCCCC1. The smallest absolute Gasteiger partial charge is 0.126 e. The van der Waals surface area contributed by atoms with E-state index in [9.17, 15) is 5.11 Å². The second-order valence-corrected chi connectivity index (χ2v) is 4.69. The molecule has 1 aromatic rings. The first-order chi connectivity index (χ1) is 8.24. The van der Waals surface area contributed by atoms with Crippen molar-refractivity contribution < 1.29 is 9.84 Å². The second-order valence-electron chi connectivity index (χ2n) is 4.28. The summed E-state index contributed by atoms with van der Waals surface area (Å²) in [5.41, 5.74) is 1.74. The Morgan fingerprint density at radius 2 is 2.18 bits per heavy atom. The Kier molecular flexibility index (Phi) is 4.08. The maximum atomic E-state index is 10.4. The van der Waals surface area contributed by atoms with E-state index in [2.05, 4.69) is 6.08 Å². The van der Waals surface area contributed by atoms with Gasteiger partial charge in [0.25, 0.3) is 0 Å². The lowest BCUT2D eigenvalue weighted by Crippen LogP contribution is -2.07. The fourth-order valence-corrected chi connectivity index (χ4v) is 2.53. The van der Waals surface area contributed by atoms with E-state index < -0.39 is 6.10 Å². The first-order valence-electron chi connectivity index (χ1n) is 5.93. The molecule has 0 spiro atoms. The zero-order chi connectivity index (χ0) is 12.3. The van der Waals surface area contributed by atoms with E-state index in [0.717, 1.165) is 24.8 Å². The molecule has 3 heteroatoms. The van der Waals surface area contributed by atoms with Crippen LogP contribution in [-0.4, -0.2) is 12.2 Å². The molecule has 0 aromatic heterocycles. The highest BCUT2D eigenvalue weighted by molar-refractivity contribution is 6.31. The number of allylic oxidation sites excluding steroid dienone is 1. The van der Waals surface area contributed by atoms with Crippen molar-refractivity contribution in [1.82, 2.24) is 0 Å². The van der Waals surface area contributed by atoms with E-state index >= 15 is 0 Å². The van der Waals surface area contributed by atoms with Gasteiger partial charge < -0.3 is 9.84 Å². The Morgan fingerprint density at radius 1 is 1.35 bits per heavy atom. The van der Waals surface area contributed by atoms with Crippen LogP contribution in [0.5, 0.6) is 5.75 Å². The lowest BCUT2D eigenvalue weighted by Gasteiger charge is -2.21. The minimum atomic E-state index is -0.640. The molecule has 0 saturated carbocycles. The fourth-order valence-electron chi connectivity index (χ4n) is 2.26. The molecule has 0 saturated heterocycles. The van der Waals surface area contributed by atoms with Gasteiger partial charge in [-0.05, 0) is 43.4 Å². The van der Waals surface area contributed by atoms with E-state index in [1.165, 1.54) is 6.42 Å². The number of benzene rings is 1. The summed E-state index contributed by atoms with van der Waals surface area (Å²) in [7, 11) is 1.59. The molecule has 0 fully saturated rings. The maximum Gasteiger partial charge on any atom is 0.126 e. The Morgan fingerprint density at radius 3 is 2.82 bits per heavy atom. The van der Waals surface area contributed by atoms with Crippen molar-refractivity contribution in [3.05, 3.63) is 40.4 Å². The topological polar surface area (TPSA) is 29.5 Å². The van der Waals surface area contributed by atoms with E-state index in [1.807, 2.05) is 12.1 Å². The summed E-state index contributed by atoms with van der Waals surface area (Å²) >= 11 is 6.16. The molecule has 1 unspecified atom stereocenters. The quantitative estimate of drug-likeness (QED) is 0.828. The number of methoxy groups -OCH3 is 1. The Balaban J connectivity index is 2.35. The minimum absolute atomic E-state index is 0.559. The zero-order valence-electron chi connectivity index (χ0n) is 9.95. The van der Waals surface area contributed by atoms with Crippen LogP contribution >= 0.6 is 11.6 Å². The van der Waals surface area contributed by atoms with Crippen LogP contribution in [0.25, 0.3) is 0 Å². The first-order valence-corrected chi connectivity index (χ1v) is 6.31. The molecule has 0 bridgehead atoms. The van der Waals surface area contributed by atoms with Gasteiger partial charge in [0.15, 0.2) is 0 Å². The predicted octanol–water partition coefficient (Wildman–Crippen LogP) is 3.88. The average molecular weight is 253 g/mol. The maximum absolute atomic E-state index is 10.4. The average Bonchev–Trinajstić information content (AvgIpc) is 2.38. The lowest BCUT2D eigenvalue weighted by atomic mass is 9.91. The van der Waals surface area contributed by atoms with Crippen LogP contribution in [0, 0.1) is 0 Å². The molecule has 2 nitrogen and oxygen atoms in total. The van der Waals surface area contributed by atoms with Crippen LogP contribution in [0.1, 0.15) is 37.4 Å². The summed E-state index contributed by atoms with van der Waals surface area (Å²) in [5, 5.41) is 11.0. The lowest BCUT2D eigenvalue weighted by molar-refractivity contribution is 0.203. The molecular weight excluding hydrogens is 236 g/mol. The summed E-state index contributed by atoms with van der Waals surface area (Å²) in [6.07, 6.45) is 5.80. The van der Waals surface area contributed by atoms with E-state index in [0.29, 0.717) is 16.3 Å². The van der Waals surface area contributed by atoms with E-state index in [1.54, 1.807) is 13.2 Å². The summed E-state index contributed by atoms with van der Waals surface area (Å²) in [6.45, 7) is 0. The third-order valence-electron chi connectivity index (χ3n) is 3.18. The number of aliphatic hydroxyl groups excluding tert-OH is 1. The zero-order valence-corrected chi connectivity index (χ0v) is 10.7. The molecule has 0 aliphatic heterocycles. The van der Waals surface area contributed by atoms with Crippen molar-refractivity contribution in [2.45, 2.75) is 31.8 Å². The van der Waals surface area contributed by atoms with Crippen molar-refractivity contribution in [3.8, 4) is 5.75 Å². The van der Waals surface area contributed by atoms with Crippen molar-refractivity contribution in [2.75, 3.05) is 7.11 Å². The van der Waals surface area contributed by atoms with Crippen molar-refractivity contribution >= 4 is 11.6 Å². The molecule has 1 aromatic carbocycles. The number of hydrogen-bond acceptors (Lipinski definition) is 2. The normalized spacial score (nSPS) is 17.5. The summed E-state index contributed by atoms with van der Waals surface area (Å²) in [4.78, 5) is 0. The Hall–Kier alpha value is -0.990. The van der Waals surface area contributed by atoms with Crippen molar-refractivity contribution in [2.24, 2.45) is 0 Å². The molecule has 1 aliphatic carbocycles. The highest BCUT2D eigenvalue weighted by Gasteiger charge is 2.21. The van der Waals surface area contributed by atoms with Crippen LogP contribution in [0.3, 0.4) is 0 Å². The molecule has 0 amide bonds. The monoisotopic (exact) mass is 252 g/mol. The Labute approximate surface area is 107 Å². The number of rotatable bonds is 3.